The summed E-state index contributed by atoms with van der Waals surface area (Å²) in [5, 5.41) is 1.55. The number of fused-ring (bicyclic) bond motifs is 1. The minimum Gasteiger partial charge on any atom is -0.483 e. The van der Waals surface area contributed by atoms with Crippen LogP contribution in [0.2, 0.25) is 0 Å². The first-order valence-electron chi connectivity index (χ1n) is 7.49. The molecule has 0 atom stereocenters. The topological polar surface area (TPSA) is 31.2 Å². The molecule has 0 bridgehead atoms. The van der Waals surface area contributed by atoms with Crippen LogP contribution in [0.3, 0.4) is 0 Å². The van der Waals surface area contributed by atoms with Crippen molar-refractivity contribution in [3.8, 4) is 0 Å². The summed E-state index contributed by atoms with van der Waals surface area (Å²) in [6.45, 7) is 8.39. The van der Waals surface area contributed by atoms with E-state index >= 15 is 0 Å². The molecule has 21 heavy (non-hydrogen) atoms. The van der Waals surface area contributed by atoms with E-state index in [-0.39, 0.29) is 11.0 Å². The Morgan fingerprint density at radius 1 is 1.43 bits per heavy atom. The minimum absolute atomic E-state index is 0.0521. The summed E-state index contributed by atoms with van der Waals surface area (Å²) in [6, 6.07) is 0. The lowest BCUT2D eigenvalue weighted by molar-refractivity contribution is -0.0559. The van der Waals surface area contributed by atoms with E-state index in [1.165, 1.54) is 6.42 Å². The first kappa shape index (κ1) is 13.9. The fourth-order valence-electron chi connectivity index (χ4n) is 3.22. The van der Waals surface area contributed by atoms with Crippen molar-refractivity contribution < 1.29 is 4.74 Å². The molecule has 2 aliphatic rings. The van der Waals surface area contributed by atoms with Crippen LogP contribution in [0.4, 0.5) is 0 Å². The van der Waals surface area contributed by atoms with Crippen LogP contribution in [0.1, 0.15) is 31.7 Å². The van der Waals surface area contributed by atoms with Crippen LogP contribution in [0.5, 0.6) is 0 Å². The van der Waals surface area contributed by atoms with Crippen LogP contribution in [0, 0.1) is 6.92 Å². The van der Waals surface area contributed by atoms with Gasteiger partial charge in [0.1, 0.15) is 11.4 Å². The SMILES string of the molecule is C=C/C=c1/c(=O)c(C)cn2c1=C(/C=C\C)OC1(CCC1)C2. The average molecular weight is 283 g/mol. The lowest BCUT2D eigenvalue weighted by atomic mass is 9.79. The number of aryl methyl sites for hydroxylation is 1. The molecule has 1 fully saturated rings. The molecule has 0 unspecified atom stereocenters. The van der Waals surface area contributed by atoms with Gasteiger partial charge >= 0.3 is 0 Å². The smallest absolute Gasteiger partial charge is 0.192 e. The van der Waals surface area contributed by atoms with Crippen molar-refractivity contribution in [3.63, 3.8) is 0 Å². The third-order valence-electron chi connectivity index (χ3n) is 4.38. The fraction of sp³-hybridized carbons (Fsp3) is 0.389. The quantitative estimate of drug-likeness (QED) is 0.828. The predicted molar refractivity (Wildman–Crippen MR) is 85.2 cm³/mol. The first-order chi connectivity index (χ1) is 10.1. The van der Waals surface area contributed by atoms with Crippen molar-refractivity contribution in [2.45, 2.75) is 45.3 Å². The Morgan fingerprint density at radius 2 is 2.19 bits per heavy atom. The molecule has 1 aliphatic carbocycles. The van der Waals surface area contributed by atoms with Gasteiger partial charge in [-0.15, -0.1) is 0 Å². The van der Waals surface area contributed by atoms with Crippen LogP contribution in [-0.2, 0) is 11.3 Å². The average Bonchev–Trinajstić information content (AvgIpc) is 2.42. The maximum atomic E-state index is 12.4. The minimum atomic E-state index is -0.0746. The fourth-order valence-corrected chi connectivity index (χ4v) is 3.22. The van der Waals surface area contributed by atoms with Gasteiger partial charge in [0.15, 0.2) is 5.43 Å². The van der Waals surface area contributed by atoms with Gasteiger partial charge in [-0.05, 0) is 45.3 Å². The van der Waals surface area contributed by atoms with Crippen LogP contribution in [-0.4, -0.2) is 10.2 Å². The summed E-state index contributed by atoms with van der Waals surface area (Å²) in [5.74, 6) is 0.800. The van der Waals surface area contributed by atoms with Crippen molar-refractivity contribution in [2.24, 2.45) is 0 Å². The number of nitrogens with zero attached hydrogens (tertiary/aromatic N) is 1. The van der Waals surface area contributed by atoms with E-state index in [9.17, 15) is 4.79 Å². The second-order valence-electron chi connectivity index (χ2n) is 5.94. The number of hydrogen-bond acceptors (Lipinski definition) is 2. The highest BCUT2D eigenvalue weighted by molar-refractivity contribution is 5.52. The Morgan fingerprint density at radius 3 is 2.76 bits per heavy atom. The zero-order valence-corrected chi connectivity index (χ0v) is 12.7. The van der Waals surface area contributed by atoms with Gasteiger partial charge in [0.2, 0.25) is 0 Å². The Bertz CT molecular complexity index is 792. The lowest BCUT2D eigenvalue weighted by Crippen LogP contribution is -2.56. The maximum absolute atomic E-state index is 12.4. The molecule has 2 heterocycles. The van der Waals surface area contributed by atoms with Crippen LogP contribution in [0.25, 0.3) is 11.8 Å². The summed E-state index contributed by atoms with van der Waals surface area (Å²) in [7, 11) is 0. The Hall–Kier alpha value is -2.03. The molecule has 0 aromatic carbocycles. The highest BCUT2D eigenvalue weighted by Gasteiger charge is 2.42. The van der Waals surface area contributed by atoms with Crippen molar-refractivity contribution >= 4 is 11.8 Å². The van der Waals surface area contributed by atoms with Gasteiger partial charge in [0.25, 0.3) is 0 Å². The van der Waals surface area contributed by atoms with Gasteiger partial charge in [0, 0.05) is 17.0 Å². The summed E-state index contributed by atoms with van der Waals surface area (Å²) in [5.41, 5.74) is 0.744. The second kappa shape index (κ2) is 5.06. The molecular formula is C18H21NO2. The van der Waals surface area contributed by atoms with Gasteiger partial charge in [0.05, 0.1) is 11.9 Å². The lowest BCUT2D eigenvalue weighted by Gasteiger charge is -2.45. The number of hydrogen-bond donors (Lipinski definition) is 0. The van der Waals surface area contributed by atoms with E-state index in [0.29, 0.717) is 5.22 Å². The number of allylic oxidation sites excluding steroid dienone is 2. The van der Waals surface area contributed by atoms with E-state index in [1.807, 2.05) is 32.2 Å². The number of ether oxygens (including phenoxy) is 1. The van der Waals surface area contributed by atoms with Gasteiger partial charge in [-0.2, -0.15) is 0 Å². The molecule has 3 nitrogen and oxygen atoms in total. The number of pyridine rings is 1. The molecule has 110 valence electrons. The van der Waals surface area contributed by atoms with Crippen LogP contribution < -0.4 is 16.0 Å². The molecule has 3 rings (SSSR count). The van der Waals surface area contributed by atoms with Gasteiger partial charge in [-0.25, -0.2) is 0 Å². The molecule has 3 heteroatoms. The van der Waals surface area contributed by atoms with E-state index in [4.69, 9.17) is 4.74 Å². The molecule has 1 spiro atoms. The van der Waals surface area contributed by atoms with E-state index in [1.54, 1.807) is 12.2 Å². The van der Waals surface area contributed by atoms with Crippen molar-refractivity contribution in [1.29, 1.82) is 0 Å². The zero-order chi connectivity index (χ0) is 15.0. The largest absolute Gasteiger partial charge is 0.483 e. The number of rotatable bonds is 2. The standard InChI is InChI=1S/C18H21NO2/c1-4-7-14-16-15(8-5-2)21-18(9-6-10-18)12-19(16)11-13(3)17(14)20/h4-5,7-8,11H,1,6,9-10,12H2,2-3H3/b8-5-,14-7+. The first-order valence-corrected chi connectivity index (χ1v) is 7.49. The summed E-state index contributed by atoms with van der Waals surface area (Å²) < 4.78 is 8.46. The normalized spacial score (nSPS) is 20.3. The molecule has 0 saturated heterocycles. The van der Waals surface area contributed by atoms with Gasteiger partial charge in [-0.1, -0.05) is 18.7 Å². The highest BCUT2D eigenvalue weighted by Crippen LogP contribution is 2.40. The van der Waals surface area contributed by atoms with E-state index in [2.05, 4.69) is 11.1 Å². The van der Waals surface area contributed by atoms with Crippen LogP contribution >= 0.6 is 0 Å². The van der Waals surface area contributed by atoms with Crippen molar-refractivity contribution in [1.82, 2.24) is 4.57 Å². The second-order valence-corrected chi connectivity index (χ2v) is 5.94. The molecule has 0 N–H and O–H groups in total. The third-order valence-corrected chi connectivity index (χ3v) is 4.38. The van der Waals surface area contributed by atoms with Crippen molar-refractivity contribution in [2.75, 3.05) is 0 Å². The van der Waals surface area contributed by atoms with E-state index < -0.39 is 0 Å². The predicted octanol–water partition coefficient (Wildman–Crippen LogP) is 1.76. The summed E-state index contributed by atoms with van der Waals surface area (Å²) in [4.78, 5) is 12.4. The highest BCUT2D eigenvalue weighted by atomic mass is 16.5. The number of aromatic nitrogens is 1. The summed E-state index contributed by atoms with van der Waals surface area (Å²) >= 11 is 0. The van der Waals surface area contributed by atoms with Gasteiger partial charge < -0.3 is 9.30 Å². The maximum Gasteiger partial charge on any atom is 0.192 e. The molecule has 1 aromatic rings. The third kappa shape index (κ3) is 2.17. The molecular weight excluding hydrogens is 262 g/mol. The Balaban J connectivity index is 2.40. The molecule has 1 saturated carbocycles. The summed E-state index contributed by atoms with van der Waals surface area (Å²) in [6.07, 6.45) is 12.7. The molecule has 1 aliphatic heterocycles. The van der Waals surface area contributed by atoms with Gasteiger partial charge in [-0.3, -0.25) is 4.79 Å². The zero-order valence-electron chi connectivity index (χ0n) is 12.7. The Labute approximate surface area is 124 Å². The van der Waals surface area contributed by atoms with E-state index in [0.717, 1.165) is 36.1 Å². The Kier molecular flexibility index (Phi) is 3.36. The van der Waals surface area contributed by atoms with Crippen molar-refractivity contribution in [3.05, 3.63) is 57.4 Å². The molecule has 1 aromatic heterocycles. The van der Waals surface area contributed by atoms with Crippen LogP contribution in [0.15, 0.2) is 35.8 Å². The molecule has 0 radical (unpaired) electrons. The molecule has 0 amide bonds. The monoisotopic (exact) mass is 283 g/mol.